The summed E-state index contributed by atoms with van der Waals surface area (Å²) in [5.74, 6) is 1.09. The molecule has 4 rings (SSSR count). The van der Waals surface area contributed by atoms with Gasteiger partial charge in [-0.2, -0.15) is 0 Å². The Hall–Kier alpha value is -2.97. The number of nitrogens with one attached hydrogen (secondary N) is 2. The molecule has 0 saturated carbocycles. The third-order valence-corrected chi connectivity index (χ3v) is 7.79. The second-order valence-electron chi connectivity index (χ2n) is 10.2. The van der Waals surface area contributed by atoms with Gasteiger partial charge in [-0.25, -0.2) is 0 Å². The minimum absolute atomic E-state index is 0.00766. The predicted molar refractivity (Wildman–Crippen MR) is 144 cm³/mol. The smallest absolute Gasteiger partial charge is 0.251 e. The van der Waals surface area contributed by atoms with Crippen LogP contribution < -0.4 is 24.8 Å². The molecule has 2 saturated heterocycles. The maximum Gasteiger partial charge on any atom is 0.251 e. The molecule has 2 aliphatic rings. The summed E-state index contributed by atoms with van der Waals surface area (Å²) in [5.41, 5.74) is 0.464. The first-order chi connectivity index (χ1) is 17.7. The van der Waals surface area contributed by atoms with Crippen LogP contribution >= 0.6 is 11.6 Å². The number of carbonyl (C=O) groups excluding carboxylic acids is 2. The summed E-state index contributed by atoms with van der Waals surface area (Å²) in [7, 11) is 4.59. The van der Waals surface area contributed by atoms with Crippen LogP contribution in [0.2, 0.25) is 5.02 Å². The topological polar surface area (TPSA) is 89.1 Å². The highest BCUT2D eigenvalue weighted by Gasteiger charge is 2.48. The van der Waals surface area contributed by atoms with E-state index in [1.807, 2.05) is 26.0 Å². The zero-order valence-corrected chi connectivity index (χ0v) is 22.9. The summed E-state index contributed by atoms with van der Waals surface area (Å²) in [6.07, 6.45) is 4.66. The molecule has 2 N–H and O–H groups in total. The van der Waals surface area contributed by atoms with Gasteiger partial charge in [-0.1, -0.05) is 18.0 Å². The lowest BCUT2D eigenvalue weighted by Gasteiger charge is -2.54. The van der Waals surface area contributed by atoms with E-state index in [2.05, 4.69) is 15.5 Å². The Morgan fingerprint density at radius 3 is 2.03 bits per heavy atom. The molecule has 2 fully saturated rings. The van der Waals surface area contributed by atoms with Crippen LogP contribution in [-0.4, -0.2) is 61.7 Å². The highest BCUT2D eigenvalue weighted by molar-refractivity contribution is 6.30. The molecule has 2 aliphatic heterocycles. The van der Waals surface area contributed by atoms with Gasteiger partial charge in [0.15, 0.2) is 11.5 Å². The van der Waals surface area contributed by atoms with Crippen molar-refractivity contribution in [1.29, 1.82) is 0 Å². The maximum absolute atomic E-state index is 13.4. The number of carbonyl (C=O) groups is 2. The number of halogens is 1. The van der Waals surface area contributed by atoms with Crippen molar-refractivity contribution in [3.8, 4) is 17.2 Å². The van der Waals surface area contributed by atoms with Gasteiger partial charge in [0, 0.05) is 34.4 Å². The lowest BCUT2D eigenvalue weighted by molar-refractivity contribution is -0.134. The molecule has 8 nitrogen and oxygen atoms in total. The number of hydrogen-bond donors (Lipinski definition) is 2. The molecule has 0 aromatic heterocycles. The lowest BCUT2D eigenvalue weighted by atomic mass is 9.78. The van der Waals surface area contributed by atoms with Crippen LogP contribution in [0.3, 0.4) is 0 Å². The van der Waals surface area contributed by atoms with Crippen molar-refractivity contribution >= 4 is 29.1 Å². The van der Waals surface area contributed by atoms with E-state index < -0.39 is 5.54 Å². The minimum atomic E-state index is -0.707. The number of anilines is 1. The normalized spacial score (nSPS) is 21.6. The largest absolute Gasteiger partial charge is 0.493 e. The number of rotatable bonds is 8. The summed E-state index contributed by atoms with van der Waals surface area (Å²) in [5, 5.41) is 6.90. The fourth-order valence-corrected chi connectivity index (χ4v) is 5.95. The zero-order valence-electron chi connectivity index (χ0n) is 22.1. The highest BCUT2D eigenvalue weighted by atomic mass is 35.5. The number of amides is 2. The number of piperidine rings is 2. The van der Waals surface area contributed by atoms with E-state index in [4.69, 9.17) is 25.8 Å². The third kappa shape index (κ3) is 5.65. The standard InChI is InChI=1S/C28H36ClN3O5/c1-28(2,27(34)31-19-11-9-18(29)10-12-19)32-21-7-6-8-22(32)16-20(15-21)30-26(33)17-13-23(35-3)25(37-5)24(14-17)36-4/h9-14,20-22H,6-8,15-16H2,1-5H3,(H,30,33)(H,31,34). The fourth-order valence-electron chi connectivity index (χ4n) is 5.83. The van der Waals surface area contributed by atoms with Gasteiger partial charge >= 0.3 is 0 Å². The van der Waals surface area contributed by atoms with Crippen LogP contribution in [0.15, 0.2) is 36.4 Å². The summed E-state index contributed by atoms with van der Waals surface area (Å²) >= 11 is 5.99. The van der Waals surface area contributed by atoms with Crippen molar-refractivity contribution < 1.29 is 23.8 Å². The number of methoxy groups -OCH3 is 3. The Kier molecular flexibility index (Phi) is 8.19. The van der Waals surface area contributed by atoms with E-state index >= 15 is 0 Å². The van der Waals surface area contributed by atoms with E-state index in [1.165, 1.54) is 21.3 Å². The Morgan fingerprint density at radius 1 is 0.946 bits per heavy atom. The van der Waals surface area contributed by atoms with Crippen molar-refractivity contribution in [2.75, 3.05) is 26.6 Å². The Morgan fingerprint density at radius 2 is 1.51 bits per heavy atom. The second-order valence-corrected chi connectivity index (χ2v) is 10.7. The van der Waals surface area contributed by atoms with Gasteiger partial charge in [-0.15, -0.1) is 0 Å². The first kappa shape index (κ1) is 27.1. The molecule has 2 amide bonds. The molecule has 9 heteroatoms. The van der Waals surface area contributed by atoms with Gasteiger partial charge in [0.25, 0.3) is 5.91 Å². The number of ether oxygens (including phenoxy) is 3. The molecule has 200 valence electrons. The average Bonchev–Trinajstić information content (AvgIpc) is 2.88. The monoisotopic (exact) mass is 529 g/mol. The summed E-state index contributed by atoms with van der Waals surface area (Å²) in [6, 6.07) is 10.9. The van der Waals surface area contributed by atoms with Gasteiger partial charge in [0.2, 0.25) is 11.7 Å². The van der Waals surface area contributed by atoms with E-state index in [0.29, 0.717) is 27.8 Å². The lowest BCUT2D eigenvalue weighted by Crippen LogP contribution is -2.66. The molecule has 0 spiro atoms. The molecule has 2 atom stereocenters. The maximum atomic E-state index is 13.4. The summed E-state index contributed by atoms with van der Waals surface area (Å²) in [4.78, 5) is 29.0. The predicted octanol–water partition coefficient (Wildman–Crippen LogP) is 4.90. The number of benzene rings is 2. The van der Waals surface area contributed by atoms with Gasteiger partial charge in [0.05, 0.1) is 26.9 Å². The van der Waals surface area contributed by atoms with Gasteiger partial charge in [-0.3, -0.25) is 14.5 Å². The highest BCUT2D eigenvalue weighted by Crippen LogP contribution is 2.41. The number of hydrogen-bond acceptors (Lipinski definition) is 6. The van der Waals surface area contributed by atoms with Crippen molar-refractivity contribution in [1.82, 2.24) is 10.2 Å². The van der Waals surface area contributed by atoms with Crippen molar-refractivity contribution in [3.05, 3.63) is 47.0 Å². The van der Waals surface area contributed by atoms with Crippen LogP contribution in [0.4, 0.5) is 5.69 Å². The molecular formula is C28H36ClN3O5. The Bertz CT molecular complexity index is 1100. The van der Waals surface area contributed by atoms with Crippen molar-refractivity contribution in [3.63, 3.8) is 0 Å². The molecule has 2 aromatic rings. The van der Waals surface area contributed by atoms with Crippen LogP contribution in [0.5, 0.6) is 17.2 Å². The molecule has 2 bridgehead atoms. The first-order valence-electron chi connectivity index (χ1n) is 12.6. The van der Waals surface area contributed by atoms with Crippen LogP contribution in [0.25, 0.3) is 0 Å². The Balaban J connectivity index is 1.47. The van der Waals surface area contributed by atoms with Crippen LogP contribution in [-0.2, 0) is 4.79 Å². The van der Waals surface area contributed by atoms with Crippen molar-refractivity contribution in [2.24, 2.45) is 0 Å². The van der Waals surface area contributed by atoms with E-state index in [-0.39, 0.29) is 29.9 Å². The average molecular weight is 530 g/mol. The van der Waals surface area contributed by atoms with Crippen LogP contribution in [0, 0.1) is 0 Å². The molecule has 37 heavy (non-hydrogen) atoms. The van der Waals surface area contributed by atoms with Gasteiger partial charge in [0.1, 0.15) is 0 Å². The molecule has 2 heterocycles. The van der Waals surface area contributed by atoms with Crippen LogP contribution in [0.1, 0.15) is 56.3 Å². The van der Waals surface area contributed by atoms with E-state index in [0.717, 1.165) is 37.8 Å². The summed E-state index contributed by atoms with van der Waals surface area (Å²) in [6.45, 7) is 3.97. The van der Waals surface area contributed by atoms with E-state index in [9.17, 15) is 9.59 Å². The molecular weight excluding hydrogens is 494 g/mol. The molecule has 2 unspecified atom stereocenters. The second kappa shape index (κ2) is 11.2. The summed E-state index contributed by atoms with van der Waals surface area (Å²) < 4.78 is 16.2. The number of fused-ring (bicyclic) bond motifs is 2. The minimum Gasteiger partial charge on any atom is -0.493 e. The molecule has 2 aromatic carbocycles. The van der Waals surface area contributed by atoms with Gasteiger partial charge in [-0.05, 0) is 75.9 Å². The quantitative estimate of drug-likeness (QED) is 0.505. The molecule has 0 radical (unpaired) electrons. The number of nitrogens with zero attached hydrogens (tertiary/aromatic N) is 1. The van der Waals surface area contributed by atoms with Crippen molar-refractivity contribution in [2.45, 2.75) is 69.6 Å². The fraction of sp³-hybridized carbons (Fsp3) is 0.500. The SMILES string of the molecule is COc1cc(C(=O)NC2CC3CCCC(C2)N3C(C)(C)C(=O)Nc2ccc(Cl)cc2)cc(OC)c1OC. The third-order valence-electron chi connectivity index (χ3n) is 7.54. The zero-order chi connectivity index (χ0) is 26.7. The van der Waals surface area contributed by atoms with E-state index in [1.54, 1.807) is 24.3 Å². The van der Waals surface area contributed by atoms with Gasteiger partial charge < -0.3 is 24.8 Å². The Labute approximate surface area is 223 Å². The molecule has 0 aliphatic carbocycles. The first-order valence-corrected chi connectivity index (χ1v) is 13.0.